The molecule has 0 aromatic heterocycles. The topological polar surface area (TPSA) is 52.6 Å². The molecule has 2 N–H and O–H groups in total. The molecule has 0 radical (unpaired) electrons. The molecule has 1 amide bonds. The van der Waals surface area contributed by atoms with Crippen LogP contribution in [0.4, 0.5) is 0 Å². The Kier molecular flexibility index (Phi) is 4.05. The summed E-state index contributed by atoms with van der Waals surface area (Å²) in [4.78, 5) is 14.1. The molecule has 0 aromatic carbocycles. The van der Waals surface area contributed by atoms with Crippen molar-refractivity contribution in [1.29, 1.82) is 0 Å². The van der Waals surface area contributed by atoms with Gasteiger partial charge in [-0.3, -0.25) is 4.79 Å². The van der Waals surface area contributed by atoms with E-state index in [2.05, 4.69) is 12.2 Å². The molecule has 17 heavy (non-hydrogen) atoms. The van der Waals surface area contributed by atoms with Crippen LogP contribution in [0.3, 0.4) is 0 Å². The highest BCUT2D eigenvalue weighted by Crippen LogP contribution is 2.28. The lowest BCUT2D eigenvalue weighted by Crippen LogP contribution is -2.46. The first-order chi connectivity index (χ1) is 8.06. The zero-order chi connectivity index (χ0) is 12.4. The van der Waals surface area contributed by atoms with Gasteiger partial charge in [-0.15, -0.1) is 0 Å². The van der Waals surface area contributed by atoms with Crippen LogP contribution in [-0.4, -0.2) is 48.7 Å². The second-order valence-electron chi connectivity index (χ2n) is 5.91. The molecular weight excluding hydrogens is 216 g/mol. The molecule has 0 spiro atoms. The first kappa shape index (κ1) is 12.8. The summed E-state index contributed by atoms with van der Waals surface area (Å²) in [6, 6.07) is 0. The van der Waals surface area contributed by atoms with Gasteiger partial charge in [0.2, 0.25) is 5.91 Å². The van der Waals surface area contributed by atoms with Crippen molar-refractivity contribution in [3.8, 4) is 0 Å². The van der Waals surface area contributed by atoms with Gasteiger partial charge < -0.3 is 15.3 Å². The van der Waals surface area contributed by atoms with Crippen LogP contribution in [0.25, 0.3) is 0 Å². The van der Waals surface area contributed by atoms with Crippen molar-refractivity contribution in [2.24, 2.45) is 17.8 Å². The van der Waals surface area contributed by atoms with Gasteiger partial charge in [0.15, 0.2) is 0 Å². The van der Waals surface area contributed by atoms with Gasteiger partial charge in [-0.2, -0.15) is 0 Å². The van der Waals surface area contributed by atoms with Gasteiger partial charge in [0.25, 0.3) is 0 Å². The lowest BCUT2D eigenvalue weighted by Gasteiger charge is -2.36. The van der Waals surface area contributed by atoms with Gasteiger partial charge in [0, 0.05) is 20.1 Å². The molecule has 4 nitrogen and oxygen atoms in total. The maximum absolute atomic E-state index is 12.2. The van der Waals surface area contributed by atoms with E-state index in [4.69, 9.17) is 0 Å². The Morgan fingerprint density at radius 3 is 2.65 bits per heavy atom. The van der Waals surface area contributed by atoms with E-state index in [0.717, 1.165) is 38.9 Å². The average molecular weight is 240 g/mol. The summed E-state index contributed by atoms with van der Waals surface area (Å²) in [5, 5.41) is 12.6. The smallest absolute Gasteiger partial charge is 0.226 e. The predicted molar refractivity (Wildman–Crippen MR) is 66.5 cm³/mol. The number of nitrogens with zero attached hydrogens (tertiary/aromatic N) is 1. The number of piperidine rings is 1. The monoisotopic (exact) mass is 240 g/mol. The molecule has 0 bridgehead atoms. The minimum atomic E-state index is -0.125. The number of aliphatic hydroxyl groups is 1. The van der Waals surface area contributed by atoms with Gasteiger partial charge in [0.1, 0.15) is 0 Å². The van der Waals surface area contributed by atoms with E-state index < -0.39 is 0 Å². The highest BCUT2D eigenvalue weighted by atomic mass is 16.3. The Morgan fingerprint density at radius 2 is 2.06 bits per heavy atom. The number of aliphatic hydroxyl groups excluding tert-OH is 1. The molecule has 1 heterocycles. The third kappa shape index (κ3) is 3.19. The van der Waals surface area contributed by atoms with Crippen molar-refractivity contribution in [1.82, 2.24) is 10.2 Å². The van der Waals surface area contributed by atoms with Crippen LogP contribution in [-0.2, 0) is 4.79 Å². The normalized spacial score (nSPS) is 37.4. The molecular formula is C13H24N2O2. The van der Waals surface area contributed by atoms with E-state index in [1.165, 1.54) is 0 Å². The molecule has 1 aliphatic carbocycles. The van der Waals surface area contributed by atoms with E-state index in [9.17, 15) is 9.90 Å². The summed E-state index contributed by atoms with van der Waals surface area (Å²) in [7, 11) is 1.90. The minimum Gasteiger partial charge on any atom is -0.393 e. The highest BCUT2D eigenvalue weighted by molar-refractivity contribution is 5.79. The number of amides is 1. The number of nitrogens with one attached hydrogen (secondary N) is 1. The Morgan fingerprint density at radius 1 is 1.35 bits per heavy atom. The highest BCUT2D eigenvalue weighted by Gasteiger charge is 2.32. The lowest BCUT2D eigenvalue weighted by atomic mass is 9.82. The van der Waals surface area contributed by atoms with E-state index in [1.807, 2.05) is 11.9 Å². The van der Waals surface area contributed by atoms with Crippen molar-refractivity contribution in [2.75, 3.05) is 26.7 Å². The van der Waals surface area contributed by atoms with E-state index >= 15 is 0 Å². The quantitative estimate of drug-likeness (QED) is 0.753. The SMILES string of the molecule is CC1CNCC(C(=O)N(C)CC2CC(O)C2)C1. The fourth-order valence-corrected chi connectivity index (χ4v) is 2.98. The standard InChI is InChI=1S/C13H24N2O2/c1-9-3-11(7-14-6-9)13(17)15(2)8-10-4-12(16)5-10/h9-12,14,16H,3-8H2,1-2H3. The zero-order valence-electron chi connectivity index (χ0n) is 10.9. The molecule has 2 atom stereocenters. The molecule has 0 aromatic rings. The fourth-order valence-electron chi connectivity index (χ4n) is 2.98. The first-order valence-electron chi connectivity index (χ1n) is 6.70. The molecule has 2 aliphatic rings. The summed E-state index contributed by atoms with van der Waals surface area (Å²) in [6.07, 6.45) is 2.59. The summed E-state index contributed by atoms with van der Waals surface area (Å²) >= 11 is 0. The lowest BCUT2D eigenvalue weighted by molar-refractivity contribution is -0.136. The Labute approximate surface area is 103 Å². The van der Waals surface area contributed by atoms with E-state index in [0.29, 0.717) is 11.8 Å². The Hall–Kier alpha value is -0.610. The molecule has 2 rings (SSSR count). The van der Waals surface area contributed by atoms with Crippen LogP contribution in [0.15, 0.2) is 0 Å². The van der Waals surface area contributed by atoms with Gasteiger partial charge in [0.05, 0.1) is 12.0 Å². The molecule has 98 valence electrons. The van der Waals surface area contributed by atoms with Crippen molar-refractivity contribution in [2.45, 2.75) is 32.3 Å². The van der Waals surface area contributed by atoms with Crippen LogP contribution >= 0.6 is 0 Å². The van der Waals surface area contributed by atoms with Gasteiger partial charge in [-0.25, -0.2) is 0 Å². The number of carbonyl (C=O) groups is 1. The third-order valence-corrected chi connectivity index (χ3v) is 4.04. The second-order valence-corrected chi connectivity index (χ2v) is 5.91. The Balaban J connectivity index is 1.77. The van der Waals surface area contributed by atoms with Crippen LogP contribution < -0.4 is 5.32 Å². The second kappa shape index (κ2) is 5.36. The molecule has 2 unspecified atom stereocenters. The fraction of sp³-hybridized carbons (Fsp3) is 0.923. The van der Waals surface area contributed by atoms with Crippen LogP contribution in [0.5, 0.6) is 0 Å². The summed E-state index contributed by atoms with van der Waals surface area (Å²) in [5.74, 6) is 1.52. The van der Waals surface area contributed by atoms with E-state index in [-0.39, 0.29) is 17.9 Å². The van der Waals surface area contributed by atoms with E-state index in [1.54, 1.807) is 0 Å². The van der Waals surface area contributed by atoms with Crippen LogP contribution in [0, 0.1) is 17.8 Å². The molecule has 1 saturated heterocycles. The maximum atomic E-state index is 12.2. The average Bonchev–Trinajstić information content (AvgIpc) is 2.26. The van der Waals surface area contributed by atoms with Crippen molar-refractivity contribution in [3.63, 3.8) is 0 Å². The first-order valence-corrected chi connectivity index (χ1v) is 6.70. The Bertz CT molecular complexity index is 277. The van der Waals surface area contributed by atoms with Crippen LogP contribution in [0.1, 0.15) is 26.2 Å². The number of hydrogen-bond acceptors (Lipinski definition) is 3. The van der Waals surface area contributed by atoms with Gasteiger partial charge in [-0.05, 0) is 37.6 Å². The van der Waals surface area contributed by atoms with Gasteiger partial charge in [-0.1, -0.05) is 6.92 Å². The molecule has 2 fully saturated rings. The molecule has 1 saturated carbocycles. The van der Waals surface area contributed by atoms with Crippen LogP contribution in [0.2, 0.25) is 0 Å². The number of rotatable bonds is 3. The zero-order valence-corrected chi connectivity index (χ0v) is 10.9. The number of carbonyl (C=O) groups excluding carboxylic acids is 1. The molecule has 1 aliphatic heterocycles. The minimum absolute atomic E-state index is 0.125. The van der Waals surface area contributed by atoms with Crippen molar-refractivity contribution in [3.05, 3.63) is 0 Å². The van der Waals surface area contributed by atoms with Crippen molar-refractivity contribution >= 4 is 5.91 Å². The summed E-state index contributed by atoms with van der Waals surface area (Å²) in [5.41, 5.74) is 0. The summed E-state index contributed by atoms with van der Waals surface area (Å²) < 4.78 is 0. The van der Waals surface area contributed by atoms with Crippen molar-refractivity contribution < 1.29 is 9.90 Å². The molecule has 4 heteroatoms. The maximum Gasteiger partial charge on any atom is 0.226 e. The largest absolute Gasteiger partial charge is 0.393 e. The summed E-state index contributed by atoms with van der Waals surface area (Å²) in [6.45, 7) is 4.85. The predicted octanol–water partition coefficient (Wildman–Crippen LogP) is 0.461. The third-order valence-electron chi connectivity index (χ3n) is 4.04. The van der Waals surface area contributed by atoms with Gasteiger partial charge >= 0.3 is 0 Å². The number of hydrogen-bond donors (Lipinski definition) is 2.